The second kappa shape index (κ2) is 6.94. The van der Waals surface area contributed by atoms with Crippen molar-refractivity contribution >= 4 is 27.3 Å². The largest absolute Gasteiger partial charge is 0.432 e. The Morgan fingerprint density at radius 3 is 2.58 bits per heavy atom. The van der Waals surface area contributed by atoms with Gasteiger partial charge in [-0.2, -0.15) is 14.0 Å². The Bertz CT molecular complexity index is 885. The molecule has 0 aliphatic rings. The molecule has 0 unspecified atom stereocenters. The van der Waals surface area contributed by atoms with E-state index in [1.165, 1.54) is 25.4 Å². The third-order valence-corrected chi connectivity index (χ3v) is 4.94. The number of hydrogen-bond donors (Lipinski definition) is 0. The number of ether oxygens (including phenoxy) is 1. The average molecular weight is 375 g/mol. The molecular formula is C13H9ClF2N4O3S. The number of aromatic nitrogens is 2. The predicted molar refractivity (Wildman–Crippen MR) is 80.4 cm³/mol. The van der Waals surface area contributed by atoms with E-state index in [9.17, 15) is 17.2 Å². The van der Waals surface area contributed by atoms with E-state index in [0.717, 1.165) is 16.7 Å². The maximum Gasteiger partial charge on any atom is 0.387 e. The number of rotatable bonds is 5. The second-order valence-corrected chi connectivity index (χ2v) is 6.64. The van der Waals surface area contributed by atoms with Crippen LogP contribution in [0.1, 0.15) is 5.56 Å². The van der Waals surface area contributed by atoms with Gasteiger partial charge in [-0.25, -0.2) is 13.4 Å². The fraction of sp³-hybridized carbons (Fsp3) is 0.154. The van der Waals surface area contributed by atoms with Crippen molar-refractivity contribution < 1.29 is 21.9 Å². The predicted octanol–water partition coefficient (Wildman–Crippen LogP) is 2.43. The van der Waals surface area contributed by atoms with Gasteiger partial charge in [0.25, 0.3) is 10.0 Å². The molecule has 0 aromatic carbocycles. The molecule has 0 spiro atoms. The number of pyridine rings is 2. The molecule has 0 atom stereocenters. The summed E-state index contributed by atoms with van der Waals surface area (Å²) in [6, 6.07) is 4.32. The molecule has 0 amide bonds. The summed E-state index contributed by atoms with van der Waals surface area (Å²) in [5, 5.41) is 9.31. The lowest BCUT2D eigenvalue weighted by molar-refractivity contribution is -0.0504. The van der Waals surface area contributed by atoms with Crippen LogP contribution >= 0.6 is 11.6 Å². The smallest absolute Gasteiger partial charge is 0.387 e. The molecule has 2 aromatic rings. The van der Waals surface area contributed by atoms with Crippen molar-refractivity contribution in [2.24, 2.45) is 0 Å². The fourth-order valence-corrected chi connectivity index (χ4v) is 3.15. The maximum atomic E-state index is 12.7. The maximum absolute atomic E-state index is 12.7. The third-order valence-electron chi connectivity index (χ3n) is 2.92. The highest BCUT2D eigenvalue weighted by molar-refractivity contribution is 7.92. The van der Waals surface area contributed by atoms with Crippen LogP contribution in [0.3, 0.4) is 0 Å². The molecule has 2 rings (SSSR count). The number of halogens is 3. The third kappa shape index (κ3) is 3.52. The van der Waals surface area contributed by atoms with E-state index in [4.69, 9.17) is 16.9 Å². The Labute approximate surface area is 141 Å². The van der Waals surface area contributed by atoms with E-state index in [1.54, 1.807) is 6.07 Å². The summed E-state index contributed by atoms with van der Waals surface area (Å²) in [4.78, 5) is 6.74. The van der Waals surface area contributed by atoms with Crippen molar-refractivity contribution in [3.05, 3.63) is 41.4 Å². The van der Waals surface area contributed by atoms with E-state index >= 15 is 0 Å². The van der Waals surface area contributed by atoms with Gasteiger partial charge in [-0.05, 0) is 12.1 Å². The van der Waals surface area contributed by atoms with Crippen LogP contribution in [0.15, 0.2) is 35.6 Å². The van der Waals surface area contributed by atoms with Crippen LogP contribution in [0.25, 0.3) is 0 Å². The molecule has 2 heterocycles. The Morgan fingerprint density at radius 1 is 1.33 bits per heavy atom. The molecule has 0 aliphatic carbocycles. The highest BCUT2D eigenvalue weighted by Gasteiger charge is 2.28. The Kier molecular flexibility index (Phi) is 5.16. The van der Waals surface area contributed by atoms with Crippen LogP contribution in [-0.4, -0.2) is 32.0 Å². The number of nitriles is 1. The van der Waals surface area contributed by atoms with Gasteiger partial charge in [-0.15, -0.1) is 0 Å². The van der Waals surface area contributed by atoms with Crippen LogP contribution < -0.4 is 9.04 Å². The summed E-state index contributed by atoms with van der Waals surface area (Å²) in [5.41, 5.74) is -0.414. The summed E-state index contributed by atoms with van der Waals surface area (Å²) in [7, 11) is -3.06. The van der Waals surface area contributed by atoms with E-state index in [2.05, 4.69) is 14.7 Å². The number of alkyl halides is 2. The highest BCUT2D eigenvalue weighted by atomic mass is 35.5. The zero-order chi connectivity index (χ0) is 17.9. The summed E-state index contributed by atoms with van der Waals surface area (Å²) in [5.74, 6) is -0.629. The molecule has 11 heteroatoms. The average Bonchev–Trinajstić information content (AvgIpc) is 2.54. The Balaban J connectivity index is 2.53. The SMILES string of the molecule is CN(c1ccc(Cl)nc1)S(=O)(=O)c1cncc(OC(F)F)c1C#N. The van der Waals surface area contributed by atoms with Gasteiger partial charge in [0, 0.05) is 13.2 Å². The Hall–Kier alpha value is -2.51. The van der Waals surface area contributed by atoms with Gasteiger partial charge >= 0.3 is 6.61 Å². The van der Waals surface area contributed by atoms with Crippen molar-refractivity contribution in [3.8, 4) is 11.8 Å². The first-order chi connectivity index (χ1) is 11.3. The quantitative estimate of drug-likeness (QED) is 0.746. The van der Waals surface area contributed by atoms with Crippen molar-refractivity contribution in [1.82, 2.24) is 9.97 Å². The van der Waals surface area contributed by atoms with Gasteiger partial charge in [0.05, 0.1) is 18.1 Å². The molecular weight excluding hydrogens is 366 g/mol. The lowest BCUT2D eigenvalue weighted by atomic mass is 10.3. The second-order valence-electron chi connectivity index (χ2n) is 4.31. The van der Waals surface area contributed by atoms with Crippen molar-refractivity contribution in [2.75, 3.05) is 11.4 Å². The molecule has 0 fully saturated rings. The van der Waals surface area contributed by atoms with Gasteiger partial charge in [-0.1, -0.05) is 11.6 Å². The summed E-state index contributed by atoms with van der Waals surface area (Å²) < 4.78 is 55.1. The first-order valence-electron chi connectivity index (χ1n) is 6.20. The minimum atomic E-state index is -4.27. The van der Waals surface area contributed by atoms with Crippen molar-refractivity contribution in [2.45, 2.75) is 11.5 Å². The van der Waals surface area contributed by atoms with Gasteiger partial charge in [0.2, 0.25) is 0 Å². The highest BCUT2D eigenvalue weighted by Crippen LogP contribution is 2.29. The van der Waals surface area contributed by atoms with Gasteiger partial charge in [0.15, 0.2) is 5.75 Å². The summed E-state index contributed by atoms with van der Waals surface area (Å²) in [6.07, 6.45) is 2.93. The standard InChI is InChI=1S/C13H9ClF2N4O3S/c1-20(8-2-3-12(14)19-5-8)24(21,22)11-7-18-6-10(9(11)4-17)23-13(15)16/h2-3,5-7,13H,1H3. The van der Waals surface area contributed by atoms with Crippen molar-refractivity contribution in [3.63, 3.8) is 0 Å². The summed E-state index contributed by atoms with van der Waals surface area (Å²) in [6.45, 7) is -3.23. The van der Waals surface area contributed by atoms with E-state index < -0.39 is 32.8 Å². The molecule has 0 N–H and O–H groups in total. The van der Waals surface area contributed by atoms with Crippen LogP contribution in [0, 0.1) is 11.3 Å². The van der Waals surface area contributed by atoms with E-state index in [1.807, 2.05) is 0 Å². The Morgan fingerprint density at radius 2 is 2.04 bits per heavy atom. The topological polar surface area (TPSA) is 96.2 Å². The minimum absolute atomic E-state index is 0.156. The molecule has 0 saturated carbocycles. The number of anilines is 1. The van der Waals surface area contributed by atoms with E-state index in [0.29, 0.717) is 0 Å². The molecule has 7 nitrogen and oxygen atoms in total. The van der Waals surface area contributed by atoms with Crippen LogP contribution in [-0.2, 0) is 10.0 Å². The molecule has 126 valence electrons. The lowest BCUT2D eigenvalue weighted by Gasteiger charge is -2.20. The van der Waals surface area contributed by atoms with Crippen molar-refractivity contribution in [1.29, 1.82) is 5.26 Å². The molecule has 0 bridgehead atoms. The van der Waals surface area contributed by atoms with Crippen LogP contribution in [0.4, 0.5) is 14.5 Å². The molecule has 0 saturated heterocycles. The lowest BCUT2D eigenvalue weighted by Crippen LogP contribution is -2.27. The first-order valence-corrected chi connectivity index (χ1v) is 8.02. The minimum Gasteiger partial charge on any atom is -0.432 e. The summed E-state index contributed by atoms with van der Waals surface area (Å²) >= 11 is 5.64. The normalized spacial score (nSPS) is 11.2. The monoisotopic (exact) mass is 374 g/mol. The number of nitrogens with zero attached hydrogens (tertiary/aromatic N) is 4. The first kappa shape index (κ1) is 17.8. The molecule has 24 heavy (non-hydrogen) atoms. The van der Waals surface area contributed by atoms with Gasteiger partial charge in [0.1, 0.15) is 21.7 Å². The molecule has 0 aliphatic heterocycles. The zero-order valence-electron chi connectivity index (χ0n) is 12.0. The zero-order valence-corrected chi connectivity index (χ0v) is 13.6. The number of sulfonamides is 1. The van der Waals surface area contributed by atoms with Gasteiger partial charge in [-0.3, -0.25) is 9.29 Å². The van der Waals surface area contributed by atoms with Gasteiger partial charge < -0.3 is 4.74 Å². The fourth-order valence-electron chi connectivity index (χ4n) is 1.75. The molecule has 2 aromatic heterocycles. The van der Waals surface area contributed by atoms with Crippen LogP contribution in [0.2, 0.25) is 5.15 Å². The molecule has 0 radical (unpaired) electrons. The van der Waals surface area contributed by atoms with Crippen LogP contribution in [0.5, 0.6) is 5.75 Å². The number of hydrogen-bond acceptors (Lipinski definition) is 6. The van der Waals surface area contributed by atoms with E-state index in [-0.39, 0.29) is 10.8 Å².